The Balaban J connectivity index is 1.25. The van der Waals surface area contributed by atoms with Crippen molar-refractivity contribution in [2.75, 3.05) is 19.7 Å². The van der Waals surface area contributed by atoms with Crippen molar-refractivity contribution in [3.63, 3.8) is 0 Å². The molecule has 0 aliphatic carbocycles. The van der Waals surface area contributed by atoms with Gasteiger partial charge in [-0.25, -0.2) is 4.98 Å². The van der Waals surface area contributed by atoms with Gasteiger partial charge in [0.25, 0.3) is 5.91 Å². The molecule has 1 amide bonds. The number of amides is 1. The summed E-state index contributed by atoms with van der Waals surface area (Å²) in [6.07, 6.45) is 1.25. The fraction of sp³-hybridized carbons (Fsp3) is 0.250. The Bertz CT molecular complexity index is 933. The maximum absolute atomic E-state index is 12.6. The fourth-order valence-corrected chi connectivity index (χ4v) is 3.33. The predicted octanol–water partition coefficient (Wildman–Crippen LogP) is 3.39. The van der Waals surface area contributed by atoms with Gasteiger partial charge in [0.05, 0.1) is 6.61 Å². The van der Waals surface area contributed by atoms with E-state index in [1.807, 2.05) is 54.6 Å². The Labute approximate surface area is 176 Å². The highest BCUT2D eigenvalue weighted by Gasteiger charge is 2.26. The summed E-state index contributed by atoms with van der Waals surface area (Å²) in [5, 5.41) is 2.95. The molecule has 0 spiro atoms. The topological polar surface area (TPSA) is 63.7 Å². The molecule has 4 rings (SSSR count). The number of carbonyl (C=O) groups is 1. The van der Waals surface area contributed by atoms with Crippen molar-refractivity contribution in [3.8, 4) is 11.6 Å². The number of ether oxygens (including phenoxy) is 2. The molecule has 1 unspecified atom stereocenters. The van der Waals surface area contributed by atoms with Crippen molar-refractivity contribution in [2.45, 2.75) is 19.2 Å². The van der Waals surface area contributed by atoms with Gasteiger partial charge in [-0.1, -0.05) is 54.6 Å². The number of hydrogen-bond acceptors (Lipinski definition) is 5. The zero-order chi connectivity index (χ0) is 20.6. The summed E-state index contributed by atoms with van der Waals surface area (Å²) >= 11 is 0. The van der Waals surface area contributed by atoms with Gasteiger partial charge in [-0.3, -0.25) is 9.69 Å². The second-order valence-electron chi connectivity index (χ2n) is 7.22. The second-order valence-corrected chi connectivity index (χ2v) is 7.22. The SMILES string of the molecule is O=C(NCc1ccc(Oc2ccccc2)nc1)C1CN(Cc2ccccc2)CCO1. The van der Waals surface area contributed by atoms with E-state index >= 15 is 0 Å². The van der Waals surface area contributed by atoms with E-state index in [1.54, 1.807) is 12.3 Å². The number of nitrogens with one attached hydrogen (secondary N) is 1. The molecular weight excluding hydrogens is 378 g/mol. The molecule has 30 heavy (non-hydrogen) atoms. The maximum Gasteiger partial charge on any atom is 0.250 e. The number of benzene rings is 2. The largest absolute Gasteiger partial charge is 0.439 e. The smallest absolute Gasteiger partial charge is 0.250 e. The normalized spacial score (nSPS) is 16.7. The van der Waals surface area contributed by atoms with E-state index in [4.69, 9.17) is 9.47 Å². The molecular formula is C24H25N3O3. The number of carbonyl (C=O) groups excluding carboxylic acids is 1. The van der Waals surface area contributed by atoms with Gasteiger partial charge in [0.2, 0.25) is 5.88 Å². The minimum atomic E-state index is -0.462. The molecule has 0 bridgehead atoms. The number of pyridine rings is 1. The number of para-hydroxylation sites is 1. The van der Waals surface area contributed by atoms with Crippen LogP contribution in [0, 0.1) is 0 Å². The van der Waals surface area contributed by atoms with Crippen molar-refractivity contribution < 1.29 is 14.3 Å². The van der Waals surface area contributed by atoms with Crippen LogP contribution in [0.2, 0.25) is 0 Å². The zero-order valence-corrected chi connectivity index (χ0v) is 16.7. The molecule has 0 saturated carbocycles. The Morgan fingerprint density at radius 2 is 1.80 bits per heavy atom. The predicted molar refractivity (Wildman–Crippen MR) is 114 cm³/mol. The second kappa shape index (κ2) is 10.0. The lowest BCUT2D eigenvalue weighted by atomic mass is 10.2. The lowest BCUT2D eigenvalue weighted by molar-refractivity contribution is -0.139. The van der Waals surface area contributed by atoms with Crippen LogP contribution in [0.3, 0.4) is 0 Å². The average Bonchev–Trinajstić information content (AvgIpc) is 2.80. The lowest BCUT2D eigenvalue weighted by Crippen LogP contribution is -2.49. The summed E-state index contributed by atoms with van der Waals surface area (Å²) in [6.45, 7) is 3.18. The molecule has 1 fully saturated rings. The molecule has 1 aromatic heterocycles. The molecule has 1 atom stereocenters. The summed E-state index contributed by atoms with van der Waals surface area (Å²) in [5.74, 6) is 1.15. The Morgan fingerprint density at radius 3 is 2.53 bits per heavy atom. The zero-order valence-electron chi connectivity index (χ0n) is 16.7. The summed E-state index contributed by atoms with van der Waals surface area (Å²) in [7, 11) is 0. The van der Waals surface area contributed by atoms with E-state index in [-0.39, 0.29) is 5.91 Å². The number of nitrogens with zero attached hydrogens (tertiary/aromatic N) is 2. The monoisotopic (exact) mass is 403 g/mol. The first-order chi connectivity index (χ1) is 14.8. The van der Waals surface area contributed by atoms with E-state index < -0.39 is 6.10 Å². The molecule has 2 aromatic carbocycles. The van der Waals surface area contributed by atoms with Crippen molar-refractivity contribution in [2.24, 2.45) is 0 Å². The standard InChI is InChI=1S/C24H25N3O3/c28-24(22-18-27(13-14-29-22)17-19-7-3-1-4-8-19)26-16-20-11-12-23(25-15-20)30-21-9-5-2-6-10-21/h1-12,15,22H,13-14,16-18H2,(H,26,28). The van der Waals surface area contributed by atoms with E-state index in [2.05, 4.69) is 27.3 Å². The van der Waals surface area contributed by atoms with Crippen molar-refractivity contribution in [3.05, 3.63) is 90.1 Å². The van der Waals surface area contributed by atoms with Gasteiger partial charge < -0.3 is 14.8 Å². The highest BCUT2D eigenvalue weighted by Crippen LogP contribution is 2.18. The average molecular weight is 403 g/mol. The van der Waals surface area contributed by atoms with Crippen LogP contribution in [0.15, 0.2) is 79.0 Å². The highest BCUT2D eigenvalue weighted by molar-refractivity contribution is 5.81. The lowest BCUT2D eigenvalue weighted by Gasteiger charge is -2.32. The van der Waals surface area contributed by atoms with Crippen LogP contribution in [0.5, 0.6) is 11.6 Å². The van der Waals surface area contributed by atoms with Crippen LogP contribution in [-0.4, -0.2) is 41.6 Å². The molecule has 6 nitrogen and oxygen atoms in total. The van der Waals surface area contributed by atoms with Crippen molar-refractivity contribution in [1.29, 1.82) is 0 Å². The molecule has 1 saturated heterocycles. The Morgan fingerprint density at radius 1 is 1.03 bits per heavy atom. The quantitative estimate of drug-likeness (QED) is 0.655. The van der Waals surface area contributed by atoms with Crippen LogP contribution in [0.1, 0.15) is 11.1 Å². The molecule has 2 heterocycles. The number of rotatable bonds is 7. The highest BCUT2D eigenvalue weighted by atomic mass is 16.5. The first kappa shape index (κ1) is 20.1. The van der Waals surface area contributed by atoms with Gasteiger partial charge in [0.15, 0.2) is 0 Å². The van der Waals surface area contributed by atoms with Gasteiger partial charge in [-0.2, -0.15) is 0 Å². The third-order valence-electron chi connectivity index (χ3n) is 4.92. The van der Waals surface area contributed by atoms with E-state index in [9.17, 15) is 4.79 Å². The number of morpholine rings is 1. The molecule has 0 radical (unpaired) electrons. The van der Waals surface area contributed by atoms with Crippen LogP contribution in [-0.2, 0) is 22.6 Å². The molecule has 1 N–H and O–H groups in total. The van der Waals surface area contributed by atoms with Crippen LogP contribution in [0.4, 0.5) is 0 Å². The Hall–Kier alpha value is -3.22. The summed E-state index contributed by atoms with van der Waals surface area (Å²) in [4.78, 5) is 19.1. The van der Waals surface area contributed by atoms with Gasteiger partial charge in [0.1, 0.15) is 11.9 Å². The minimum absolute atomic E-state index is 0.0997. The third kappa shape index (κ3) is 5.65. The molecule has 6 heteroatoms. The number of aromatic nitrogens is 1. The summed E-state index contributed by atoms with van der Waals surface area (Å²) in [5.41, 5.74) is 2.14. The van der Waals surface area contributed by atoms with Gasteiger partial charge >= 0.3 is 0 Å². The van der Waals surface area contributed by atoms with Crippen molar-refractivity contribution >= 4 is 5.91 Å². The first-order valence-electron chi connectivity index (χ1n) is 10.1. The summed E-state index contributed by atoms with van der Waals surface area (Å²) < 4.78 is 11.4. The van der Waals surface area contributed by atoms with Crippen LogP contribution >= 0.6 is 0 Å². The van der Waals surface area contributed by atoms with Crippen molar-refractivity contribution in [1.82, 2.24) is 15.2 Å². The summed E-state index contributed by atoms with van der Waals surface area (Å²) in [6, 6.07) is 23.5. The Kier molecular flexibility index (Phi) is 6.69. The van der Waals surface area contributed by atoms with E-state index in [1.165, 1.54) is 5.56 Å². The molecule has 154 valence electrons. The van der Waals surface area contributed by atoms with Gasteiger partial charge in [-0.15, -0.1) is 0 Å². The maximum atomic E-state index is 12.6. The van der Waals surface area contributed by atoms with Crippen LogP contribution in [0.25, 0.3) is 0 Å². The first-order valence-corrected chi connectivity index (χ1v) is 10.1. The third-order valence-corrected chi connectivity index (χ3v) is 4.92. The van der Waals surface area contributed by atoms with E-state index in [0.29, 0.717) is 25.6 Å². The molecule has 3 aromatic rings. The fourth-order valence-electron chi connectivity index (χ4n) is 3.33. The minimum Gasteiger partial charge on any atom is -0.439 e. The van der Waals surface area contributed by atoms with Crippen LogP contribution < -0.4 is 10.1 Å². The number of hydrogen-bond donors (Lipinski definition) is 1. The van der Waals surface area contributed by atoms with E-state index in [0.717, 1.165) is 24.4 Å². The van der Waals surface area contributed by atoms with Gasteiger partial charge in [-0.05, 0) is 23.3 Å². The molecule has 1 aliphatic heterocycles. The van der Waals surface area contributed by atoms with Gasteiger partial charge in [0, 0.05) is 38.4 Å². The molecule has 1 aliphatic rings.